The van der Waals surface area contributed by atoms with Crippen molar-refractivity contribution in [3.05, 3.63) is 32.6 Å². The second-order valence-corrected chi connectivity index (χ2v) is 16.5. The predicted molar refractivity (Wildman–Crippen MR) is 127 cm³/mol. The highest BCUT2D eigenvalue weighted by Crippen LogP contribution is 2.49. The van der Waals surface area contributed by atoms with Crippen LogP contribution in [0.4, 0.5) is 0 Å². The molecule has 4 atom stereocenters. The summed E-state index contributed by atoms with van der Waals surface area (Å²) in [5.74, 6) is 0.277. The Kier molecular flexibility index (Phi) is 6.38. The van der Waals surface area contributed by atoms with Gasteiger partial charge in [-0.3, -0.25) is 18.9 Å². The summed E-state index contributed by atoms with van der Waals surface area (Å²) < 4.78 is 45.9. The van der Waals surface area contributed by atoms with E-state index in [-0.39, 0.29) is 17.4 Å². The molecule has 1 N–H and O–H groups in total. The molecule has 0 spiro atoms. The Morgan fingerprint density at radius 2 is 1.91 bits per heavy atom. The lowest BCUT2D eigenvalue weighted by atomic mass is 9.94. The molecular formula is C20H34N4O7SSi. The third-order valence-corrected chi connectivity index (χ3v) is 11.8. The highest BCUT2D eigenvalue weighted by molar-refractivity contribution is 7.86. The molecule has 1 aromatic heterocycles. The molecule has 0 aliphatic carbocycles. The molecule has 0 amide bonds. The molecule has 0 saturated carbocycles. The standard InChI is InChI=1S/C20H34N4O7SSi/c1-12-11-24(18(26)23(6)15(12)25)16-14(30-33(8,9)19(2,3)4)20(31-32(7,27)28)13(29-16)10-22-17(20)21-5/h11,13-14,16H,10H2,1-9H3,(H,21,22)/t13-,14+,16-,20-/m1/s1. The molecule has 2 aliphatic rings. The summed E-state index contributed by atoms with van der Waals surface area (Å²) in [6.45, 7) is 12.0. The topological polar surface area (TPSA) is 130 Å². The van der Waals surface area contributed by atoms with Gasteiger partial charge in [-0.15, -0.1) is 0 Å². The number of hydrogen-bond donors (Lipinski definition) is 1. The molecule has 0 radical (unpaired) electrons. The van der Waals surface area contributed by atoms with Gasteiger partial charge < -0.3 is 14.5 Å². The maximum Gasteiger partial charge on any atom is 0.332 e. The smallest absolute Gasteiger partial charge is 0.332 e. The summed E-state index contributed by atoms with van der Waals surface area (Å²) in [5, 5.41) is 2.84. The molecule has 3 rings (SSSR count). The van der Waals surface area contributed by atoms with Gasteiger partial charge in [0, 0.05) is 32.4 Å². The van der Waals surface area contributed by atoms with E-state index in [4.69, 9.17) is 13.3 Å². The average molecular weight is 503 g/mol. The Labute approximate surface area is 195 Å². The van der Waals surface area contributed by atoms with Crippen molar-refractivity contribution in [2.45, 2.75) is 69.9 Å². The minimum atomic E-state index is -3.98. The normalized spacial score (nSPS) is 29.4. The van der Waals surface area contributed by atoms with Crippen LogP contribution in [0.1, 0.15) is 32.6 Å². The molecule has 33 heavy (non-hydrogen) atoms. The molecular weight excluding hydrogens is 468 g/mol. The zero-order valence-electron chi connectivity index (χ0n) is 20.6. The van der Waals surface area contributed by atoms with Crippen LogP contribution in [0.2, 0.25) is 18.1 Å². The fourth-order valence-electron chi connectivity index (χ4n) is 4.07. The van der Waals surface area contributed by atoms with E-state index in [1.54, 1.807) is 6.92 Å². The molecule has 1 aromatic rings. The van der Waals surface area contributed by atoms with Crippen LogP contribution in [0.3, 0.4) is 0 Å². The lowest BCUT2D eigenvalue weighted by molar-refractivity contribution is -0.0354. The highest BCUT2D eigenvalue weighted by atomic mass is 32.2. The van der Waals surface area contributed by atoms with E-state index in [0.717, 1.165) is 10.8 Å². The third-order valence-electron chi connectivity index (χ3n) is 6.79. The number of aromatic nitrogens is 2. The van der Waals surface area contributed by atoms with E-state index in [2.05, 4.69) is 31.1 Å². The average Bonchev–Trinajstić information content (AvgIpc) is 3.14. The third kappa shape index (κ3) is 4.25. The maximum atomic E-state index is 13.1. The number of aryl methyl sites for hydroxylation is 1. The number of nitrogens with zero attached hydrogens (tertiary/aromatic N) is 3. The SMILES string of the molecule is CN=C1NC[C@H]2O[C@@H](n3cc(C)c(=O)n(C)c3=O)[C@H](O[Si](C)(C)C(C)(C)C)[C@@]12OS(C)(=O)=O. The summed E-state index contributed by atoms with van der Waals surface area (Å²) >= 11 is 0. The van der Waals surface area contributed by atoms with Crippen molar-refractivity contribution in [2.75, 3.05) is 19.8 Å². The van der Waals surface area contributed by atoms with Gasteiger partial charge in [-0.25, -0.2) is 8.98 Å². The minimum absolute atomic E-state index is 0.218. The first-order valence-electron chi connectivity index (χ1n) is 10.7. The van der Waals surface area contributed by atoms with Crippen molar-refractivity contribution in [2.24, 2.45) is 12.0 Å². The van der Waals surface area contributed by atoms with Gasteiger partial charge in [0.2, 0.25) is 5.60 Å². The van der Waals surface area contributed by atoms with E-state index in [9.17, 15) is 18.0 Å². The monoisotopic (exact) mass is 502 g/mol. The van der Waals surface area contributed by atoms with Gasteiger partial charge in [0.15, 0.2) is 14.5 Å². The quantitative estimate of drug-likeness (QED) is 0.455. The Balaban J connectivity index is 2.30. The zero-order valence-corrected chi connectivity index (χ0v) is 22.4. The number of aliphatic imine (C=N–C) groups is 1. The van der Waals surface area contributed by atoms with Crippen LogP contribution in [0.5, 0.6) is 0 Å². The lowest BCUT2D eigenvalue weighted by Gasteiger charge is -2.43. The molecule has 2 fully saturated rings. The minimum Gasteiger partial charge on any atom is -0.406 e. The van der Waals surface area contributed by atoms with E-state index in [0.29, 0.717) is 5.56 Å². The van der Waals surface area contributed by atoms with Crippen molar-refractivity contribution in [3.8, 4) is 0 Å². The molecule has 186 valence electrons. The number of fused-ring (bicyclic) bond motifs is 1. The number of hydrogen-bond acceptors (Lipinski definition) is 8. The molecule has 2 saturated heterocycles. The number of amidine groups is 1. The number of rotatable bonds is 5. The predicted octanol–water partition coefficient (Wildman–Crippen LogP) is 0.490. The van der Waals surface area contributed by atoms with Gasteiger partial charge in [-0.1, -0.05) is 20.8 Å². The van der Waals surface area contributed by atoms with Crippen molar-refractivity contribution in [3.63, 3.8) is 0 Å². The Hall–Kier alpha value is -1.80. The molecule has 0 aromatic carbocycles. The second kappa shape index (κ2) is 8.15. The van der Waals surface area contributed by atoms with Crippen LogP contribution in [0, 0.1) is 6.92 Å². The Morgan fingerprint density at radius 1 is 1.30 bits per heavy atom. The van der Waals surface area contributed by atoms with Crippen molar-refractivity contribution < 1.29 is 21.8 Å². The van der Waals surface area contributed by atoms with Gasteiger partial charge in [0.25, 0.3) is 15.7 Å². The first kappa shape index (κ1) is 25.8. The van der Waals surface area contributed by atoms with Gasteiger partial charge in [-0.2, -0.15) is 8.42 Å². The van der Waals surface area contributed by atoms with E-state index < -0.39 is 53.7 Å². The molecule has 0 unspecified atom stereocenters. The summed E-state index contributed by atoms with van der Waals surface area (Å²) in [6.07, 6.45) is -0.480. The fourth-order valence-corrected chi connectivity index (χ4v) is 6.13. The van der Waals surface area contributed by atoms with Crippen LogP contribution in [-0.2, 0) is 30.5 Å². The number of nitrogens with one attached hydrogen (secondary N) is 1. The lowest BCUT2D eigenvalue weighted by Crippen LogP contribution is -2.60. The van der Waals surface area contributed by atoms with Crippen molar-refractivity contribution >= 4 is 24.3 Å². The molecule has 2 aliphatic heterocycles. The maximum absolute atomic E-state index is 13.1. The zero-order chi connectivity index (χ0) is 25.1. The molecule has 13 heteroatoms. The van der Waals surface area contributed by atoms with Crippen molar-refractivity contribution in [1.82, 2.24) is 14.5 Å². The van der Waals surface area contributed by atoms with E-state index >= 15 is 0 Å². The van der Waals surface area contributed by atoms with Crippen LogP contribution >= 0.6 is 0 Å². The van der Waals surface area contributed by atoms with Crippen molar-refractivity contribution in [1.29, 1.82) is 0 Å². The summed E-state index contributed by atoms with van der Waals surface area (Å²) in [6, 6.07) is 0. The van der Waals surface area contributed by atoms with Gasteiger partial charge >= 0.3 is 5.69 Å². The highest BCUT2D eigenvalue weighted by Gasteiger charge is 2.68. The van der Waals surface area contributed by atoms with Crippen LogP contribution in [0.25, 0.3) is 0 Å². The van der Waals surface area contributed by atoms with Crippen LogP contribution in [0.15, 0.2) is 20.8 Å². The van der Waals surface area contributed by atoms with Gasteiger partial charge in [-0.05, 0) is 25.1 Å². The largest absolute Gasteiger partial charge is 0.406 e. The number of ether oxygens (including phenoxy) is 1. The second-order valence-electron chi connectivity index (χ2n) is 10.2. The van der Waals surface area contributed by atoms with Crippen LogP contribution < -0.4 is 16.6 Å². The molecule has 11 nitrogen and oxygen atoms in total. The molecule has 0 bridgehead atoms. The fraction of sp³-hybridized carbons (Fsp3) is 0.750. The first-order chi connectivity index (χ1) is 15.0. The Morgan fingerprint density at radius 3 is 2.42 bits per heavy atom. The van der Waals surface area contributed by atoms with Gasteiger partial charge in [0.1, 0.15) is 18.0 Å². The van der Waals surface area contributed by atoms with E-state index in [1.165, 1.54) is 24.9 Å². The summed E-state index contributed by atoms with van der Waals surface area (Å²) in [7, 11) is -3.62. The van der Waals surface area contributed by atoms with Crippen LogP contribution in [-0.4, -0.2) is 69.4 Å². The molecule has 3 heterocycles. The van der Waals surface area contributed by atoms with Gasteiger partial charge in [0.05, 0.1) is 6.26 Å². The van der Waals surface area contributed by atoms with E-state index in [1.807, 2.05) is 13.1 Å². The summed E-state index contributed by atoms with van der Waals surface area (Å²) in [4.78, 5) is 29.6. The first-order valence-corrected chi connectivity index (χ1v) is 15.4. The Bertz CT molecular complexity index is 1200. The summed E-state index contributed by atoms with van der Waals surface area (Å²) in [5.41, 5.74) is -2.29.